The van der Waals surface area contributed by atoms with E-state index in [2.05, 4.69) is 12.2 Å². The van der Waals surface area contributed by atoms with Crippen molar-refractivity contribution in [1.82, 2.24) is 5.32 Å². The van der Waals surface area contributed by atoms with E-state index in [4.69, 9.17) is 14.6 Å². The first-order valence-electron chi connectivity index (χ1n) is 6.92. The first-order valence-corrected chi connectivity index (χ1v) is 6.92. The molecule has 0 amide bonds. The van der Waals surface area contributed by atoms with Gasteiger partial charge in [0, 0.05) is 13.2 Å². The van der Waals surface area contributed by atoms with E-state index < -0.39 is 6.10 Å². The van der Waals surface area contributed by atoms with E-state index in [1.54, 1.807) is 7.11 Å². The smallest absolute Gasteiger partial charge is 0.119 e. The van der Waals surface area contributed by atoms with Gasteiger partial charge in [-0.05, 0) is 43.1 Å². The van der Waals surface area contributed by atoms with Gasteiger partial charge in [0.2, 0.25) is 0 Å². The number of aliphatic hydroxyl groups is 2. The SMILES string of the molecule is COc1ccc(OCC(O)CNCC(C)CCO)cc1. The molecule has 2 unspecified atom stereocenters. The van der Waals surface area contributed by atoms with Gasteiger partial charge >= 0.3 is 0 Å². The molecule has 0 aliphatic rings. The third kappa shape index (κ3) is 6.75. The van der Waals surface area contributed by atoms with Gasteiger partial charge in [-0.1, -0.05) is 6.92 Å². The Balaban J connectivity index is 2.17. The van der Waals surface area contributed by atoms with Gasteiger partial charge in [-0.2, -0.15) is 0 Å². The lowest BCUT2D eigenvalue weighted by Crippen LogP contribution is -2.34. The molecule has 2 atom stereocenters. The Morgan fingerprint density at radius 2 is 1.80 bits per heavy atom. The van der Waals surface area contributed by atoms with Gasteiger partial charge in [0.1, 0.15) is 24.2 Å². The van der Waals surface area contributed by atoms with Gasteiger partial charge in [0.25, 0.3) is 0 Å². The van der Waals surface area contributed by atoms with Crippen molar-refractivity contribution in [2.75, 3.05) is 33.4 Å². The number of hydrogen-bond acceptors (Lipinski definition) is 5. The van der Waals surface area contributed by atoms with Crippen molar-refractivity contribution < 1.29 is 19.7 Å². The van der Waals surface area contributed by atoms with Gasteiger partial charge in [-0.3, -0.25) is 0 Å². The molecule has 5 nitrogen and oxygen atoms in total. The Morgan fingerprint density at radius 1 is 1.15 bits per heavy atom. The average Bonchev–Trinajstić information content (AvgIpc) is 2.46. The van der Waals surface area contributed by atoms with Gasteiger partial charge in [0.05, 0.1) is 7.11 Å². The fourth-order valence-corrected chi connectivity index (χ4v) is 1.74. The molecule has 5 heteroatoms. The Morgan fingerprint density at radius 3 is 2.40 bits per heavy atom. The summed E-state index contributed by atoms with van der Waals surface area (Å²) in [4.78, 5) is 0. The molecule has 1 aromatic rings. The van der Waals surface area contributed by atoms with Crippen molar-refractivity contribution >= 4 is 0 Å². The van der Waals surface area contributed by atoms with Crippen LogP contribution in [-0.4, -0.2) is 49.7 Å². The maximum absolute atomic E-state index is 9.79. The summed E-state index contributed by atoms with van der Waals surface area (Å²) in [6.07, 6.45) is 0.212. The lowest BCUT2D eigenvalue weighted by Gasteiger charge is -2.15. The Hall–Kier alpha value is -1.30. The number of ether oxygens (including phenoxy) is 2. The van der Waals surface area contributed by atoms with Crippen LogP contribution in [0.15, 0.2) is 24.3 Å². The van der Waals surface area contributed by atoms with Crippen LogP contribution in [0, 0.1) is 5.92 Å². The summed E-state index contributed by atoms with van der Waals surface area (Å²) in [6.45, 7) is 3.76. The second-order valence-electron chi connectivity index (χ2n) is 4.92. The van der Waals surface area contributed by atoms with E-state index >= 15 is 0 Å². The zero-order valence-electron chi connectivity index (χ0n) is 12.2. The van der Waals surface area contributed by atoms with Gasteiger partial charge in [-0.15, -0.1) is 0 Å². The molecule has 0 bridgehead atoms. The predicted molar refractivity (Wildman–Crippen MR) is 78.2 cm³/mol. The molecule has 20 heavy (non-hydrogen) atoms. The lowest BCUT2D eigenvalue weighted by molar-refractivity contribution is 0.105. The highest BCUT2D eigenvalue weighted by atomic mass is 16.5. The Kier molecular flexibility index (Phi) is 8.02. The lowest BCUT2D eigenvalue weighted by atomic mass is 10.1. The molecule has 0 aromatic heterocycles. The van der Waals surface area contributed by atoms with E-state index in [1.165, 1.54) is 0 Å². The monoisotopic (exact) mass is 283 g/mol. The van der Waals surface area contributed by atoms with Crippen molar-refractivity contribution in [3.63, 3.8) is 0 Å². The molecular formula is C15H25NO4. The maximum Gasteiger partial charge on any atom is 0.119 e. The average molecular weight is 283 g/mol. The summed E-state index contributed by atoms with van der Waals surface area (Å²) < 4.78 is 10.5. The highest BCUT2D eigenvalue weighted by Crippen LogP contribution is 2.16. The first-order chi connectivity index (χ1) is 9.65. The second kappa shape index (κ2) is 9.58. The molecule has 1 aromatic carbocycles. The van der Waals surface area contributed by atoms with Crippen LogP contribution in [0.25, 0.3) is 0 Å². The van der Waals surface area contributed by atoms with Crippen molar-refractivity contribution in [3.05, 3.63) is 24.3 Å². The highest BCUT2D eigenvalue weighted by molar-refractivity contribution is 5.31. The van der Waals surface area contributed by atoms with E-state index in [-0.39, 0.29) is 13.2 Å². The zero-order chi connectivity index (χ0) is 14.8. The summed E-state index contributed by atoms with van der Waals surface area (Å²) in [7, 11) is 1.61. The van der Waals surface area contributed by atoms with Crippen molar-refractivity contribution in [2.45, 2.75) is 19.4 Å². The Bertz CT molecular complexity index is 355. The van der Waals surface area contributed by atoms with Crippen LogP contribution in [0.3, 0.4) is 0 Å². The number of nitrogens with one attached hydrogen (secondary N) is 1. The van der Waals surface area contributed by atoms with Gasteiger partial charge in [0.15, 0.2) is 0 Å². The first kappa shape index (κ1) is 16.8. The fraction of sp³-hybridized carbons (Fsp3) is 0.600. The standard InChI is InChI=1S/C15H25NO4/c1-12(7-8-17)9-16-10-13(18)11-20-15-5-3-14(19-2)4-6-15/h3-6,12-13,16-18H,7-11H2,1-2H3. The van der Waals surface area contributed by atoms with Crippen LogP contribution in [0.2, 0.25) is 0 Å². The molecule has 114 valence electrons. The molecule has 3 N–H and O–H groups in total. The van der Waals surface area contributed by atoms with Crippen LogP contribution >= 0.6 is 0 Å². The molecule has 0 aliphatic heterocycles. The van der Waals surface area contributed by atoms with Gasteiger partial charge in [-0.25, -0.2) is 0 Å². The minimum Gasteiger partial charge on any atom is -0.497 e. The maximum atomic E-state index is 9.79. The molecule has 0 heterocycles. The highest BCUT2D eigenvalue weighted by Gasteiger charge is 2.07. The molecule has 0 spiro atoms. The molecule has 0 aliphatic carbocycles. The number of rotatable bonds is 10. The topological polar surface area (TPSA) is 71.0 Å². The quantitative estimate of drug-likeness (QED) is 0.598. The minimum absolute atomic E-state index is 0.200. The number of methoxy groups -OCH3 is 1. The predicted octanol–water partition coefficient (Wildman–Crippen LogP) is 1.04. The number of aliphatic hydroxyl groups excluding tert-OH is 2. The van der Waals surface area contributed by atoms with Crippen LogP contribution in [0.1, 0.15) is 13.3 Å². The Labute approximate surface area is 120 Å². The van der Waals surface area contributed by atoms with Crippen molar-refractivity contribution in [2.24, 2.45) is 5.92 Å². The number of benzene rings is 1. The molecule has 0 saturated carbocycles. The molecule has 1 rings (SSSR count). The van der Waals surface area contributed by atoms with Crippen molar-refractivity contribution in [1.29, 1.82) is 0 Å². The minimum atomic E-state index is -0.557. The van der Waals surface area contributed by atoms with E-state index in [0.29, 0.717) is 18.2 Å². The fourth-order valence-electron chi connectivity index (χ4n) is 1.74. The third-order valence-corrected chi connectivity index (χ3v) is 3.00. The normalized spacial score (nSPS) is 13.8. The van der Waals surface area contributed by atoms with Crippen LogP contribution in [0.4, 0.5) is 0 Å². The second-order valence-corrected chi connectivity index (χ2v) is 4.92. The number of hydrogen-bond donors (Lipinski definition) is 3. The molecule has 0 radical (unpaired) electrons. The van der Waals surface area contributed by atoms with Crippen LogP contribution in [0.5, 0.6) is 11.5 Å². The van der Waals surface area contributed by atoms with E-state index in [9.17, 15) is 5.11 Å². The molecular weight excluding hydrogens is 258 g/mol. The third-order valence-electron chi connectivity index (χ3n) is 3.00. The van der Waals surface area contributed by atoms with Crippen LogP contribution < -0.4 is 14.8 Å². The summed E-state index contributed by atoms with van der Waals surface area (Å²) in [5, 5.41) is 21.7. The van der Waals surface area contributed by atoms with Crippen LogP contribution in [-0.2, 0) is 0 Å². The molecule has 0 saturated heterocycles. The summed E-state index contributed by atoms with van der Waals surface area (Å²) in [5.74, 6) is 1.88. The molecule has 0 fully saturated rings. The van der Waals surface area contributed by atoms with E-state index in [0.717, 1.165) is 18.7 Å². The summed E-state index contributed by atoms with van der Waals surface area (Å²) in [5.41, 5.74) is 0. The van der Waals surface area contributed by atoms with Gasteiger partial charge < -0.3 is 25.0 Å². The van der Waals surface area contributed by atoms with Crippen molar-refractivity contribution in [3.8, 4) is 11.5 Å². The summed E-state index contributed by atoms with van der Waals surface area (Å²) >= 11 is 0. The summed E-state index contributed by atoms with van der Waals surface area (Å²) in [6, 6.07) is 7.25. The zero-order valence-corrected chi connectivity index (χ0v) is 12.2. The largest absolute Gasteiger partial charge is 0.497 e. The van der Waals surface area contributed by atoms with E-state index in [1.807, 2.05) is 24.3 Å².